The molecule has 1 aromatic heterocycles. The van der Waals surface area contributed by atoms with Crippen LogP contribution >= 0.6 is 0 Å². The maximum atomic E-state index is 4.38. The zero-order valence-corrected chi connectivity index (χ0v) is 16.6. The Hall–Kier alpha value is -1.88. The van der Waals surface area contributed by atoms with E-state index < -0.39 is 0 Å². The smallest absolute Gasteiger partial charge is 0.137 e. The molecule has 0 aliphatic heterocycles. The van der Waals surface area contributed by atoms with Gasteiger partial charge >= 0.3 is 0 Å². The number of aryl methyl sites for hydroxylation is 1. The quantitative estimate of drug-likeness (QED) is 0.619. The van der Waals surface area contributed by atoms with Gasteiger partial charge in [0.25, 0.3) is 0 Å². The molecule has 5 heteroatoms. The summed E-state index contributed by atoms with van der Waals surface area (Å²) in [5, 5.41) is 8.70. The lowest BCUT2D eigenvalue weighted by molar-refractivity contribution is -0.904. The normalized spacial score (nSPS) is 11.7. The van der Waals surface area contributed by atoms with E-state index in [1.54, 1.807) is 0 Å². The third-order valence-corrected chi connectivity index (χ3v) is 4.67. The van der Waals surface area contributed by atoms with Gasteiger partial charge in [-0.2, -0.15) is 0 Å². The van der Waals surface area contributed by atoms with Crippen LogP contribution in [0.3, 0.4) is 0 Å². The highest BCUT2D eigenvalue weighted by atomic mass is 15.4. The van der Waals surface area contributed by atoms with Gasteiger partial charge in [0.1, 0.15) is 12.2 Å². The number of anilines is 1. The summed E-state index contributed by atoms with van der Waals surface area (Å²) in [6, 6.07) is 8.72. The van der Waals surface area contributed by atoms with Gasteiger partial charge in [-0.15, -0.1) is 5.10 Å². The average molecular weight is 345 g/mol. The van der Waals surface area contributed by atoms with Gasteiger partial charge in [0.2, 0.25) is 0 Å². The molecule has 2 rings (SSSR count). The fraction of sp³-hybridized carbons (Fsp3) is 0.600. The molecule has 0 aliphatic carbocycles. The van der Waals surface area contributed by atoms with Crippen LogP contribution in [-0.4, -0.2) is 53.2 Å². The van der Waals surface area contributed by atoms with Gasteiger partial charge in [0.15, 0.2) is 0 Å². The Labute approximate surface area is 152 Å². The molecule has 0 fully saturated rings. The van der Waals surface area contributed by atoms with E-state index in [1.807, 2.05) is 4.68 Å². The number of likely N-dealkylation sites (N-methyl/N-ethyl adjacent to an activating group) is 1. The second kappa shape index (κ2) is 8.99. The van der Waals surface area contributed by atoms with Gasteiger partial charge in [-0.05, 0) is 32.4 Å². The number of nitrogens with zero attached hydrogens (tertiary/aromatic N) is 5. The van der Waals surface area contributed by atoms with Crippen LogP contribution in [0.4, 0.5) is 5.69 Å². The molecule has 0 atom stereocenters. The average Bonchev–Trinajstić information content (AvgIpc) is 3.01. The summed E-state index contributed by atoms with van der Waals surface area (Å²) < 4.78 is 2.95. The number of hydrogen-bond acceptors (Lipinski definition) is 3. The van der Waals surface area contributed by atoms with E-state index in [2.05, 4.69) is 80.5 Å². The monoisotopic (exact) mass is 344 g/mol. The van der Waals surface area contributed by atoms with Gasteiger partial charge in [0, 0.05) is 18.8 Å². The van der Waals surface area contributed by atoms with Crippen LogP contribution < -0.4 is 4.90 Å². The van der Waals surface area contributed by atoms with Crippen LogP contribution in [0.15, 0.2) is 30.5 Å². The highest BCUT2D eigenvalue weighted by molar-refractivity contribution is 5.47. The number of aromatic nitrogens is 3. The summed E-state index contributed by atoms with van der Waals surface area (Å²) in [5.41, 5.74) is 3.65. The van der Waals surface area contributed by atoms with Crippen molar-refractivity contribution in [2.24, 2.45) is 0 Å². The molecule has 0 aliphatic rings. The molecule has 0 unspecified atom stereocenters. The number of rotatable bonds is 10. The lowest BCUT2D eigenvalue weighted by Crippen LogP contribution is -2.39. The fourth-order valence-corrected chi connectivity index (χ4v) is 3.07. The molecular weight excluding hydrogens is 310 g/mol. The molecule has 0 bridgehead atoms. The van der Waals surface area contributed by atoms with Crippen molar-refractivity contribution >= 4 is 5.69 Å². The Morgan fingerprint density at radius 3 is 2.48 bits per heavy atom. The molecule has 0 saturated carbocycles. The number of quaternary nitrogens is 1. The van der Waals surface area contributed by atoms with E-state index in [1.165, 1.54) is 30.6 Å². The summed E-state index contributed by atoms with van der Waals surface area (Å²) in [6.07, 6.45) is 4.60. The molecular formula is C20H34N5+. The van der Waals surface area contributed by atoms with Crippen LogP contribution in [0.2, 0.25) is 0 Å². The molecule has 0 spiro atoms. The SMILES string of the molecule is CCCC[N+](C)(C)Cc1cn(CCN(CC)c2ccc(C)cc2)nn1. The Balaban J connectivity index is 1.90. The zero-order chi connectivity index (χ0) is 18.3. The van der Waals surface area contributed by atoms with Crippen molar-refractivity contribution in [1.82, 2.24) is 15.0 Å². The second-order valence-electron chi connectivity index (χ2n) is 7.56. The molecule has 25 heavy (non-hydrogen) atoms. The topological polar surface area (TPSA) is 34.0 Å². The van der Waals surface area contributed by atoms with Crippen molar-refractivity contribution in [2.45, 2.75) is 46.7 Å². The summed E-state index contributed by atoms with van der Waals surface area (Å²) in [7, 11) is 4.54. The Kier molecular flexibility index (Phi) is 7.00. The summed E-state index contributed by atoms with van der Waals surface area (Å²) in [4.78, 5) is 2.38. The van der Waals surface area contributed by atoms with Gasteiger partial charge in [-0.25, -0.2) is 0 Å². The molecule has 1 heterocycles. The van der Waals surface area contributed by atoms with Gasteiger partial charge in [0.05, 0.1) is 33.4 Å². The van der Waals surface area contributed by atoms with Crippen LogP contribution in [0.1, 0.15) is 37.9 Å². The van der Waals surface area contributed by atoms with Gasteiger partial charge in [-0.3, -0.25) is 4.68 Å². The Morgan fingerprint density at radius 2 is 1.84 bits per heavy atom. The molecule has 1 aromatic carbocycles. The number of benzene rings is 1. The first-order valence-corrected chi connectivity index (χ1v) is 9.46. The minimum atomic E-state index is 0.858. The maximum Gasteiger partial charge on any atom is 0.137 e. The van der Waals surface area contributed by atoms with Gasteiger partial charge in [-0.1, -0.05) is 36.3 Å². The summed E-state index contributed by atoms with van der Waals surface area (Å²) in [5.74, 6) is 0. The van der Waals surface area contributed by atoms with Crippen LogP contribution in [0.5, 0.6) is 0 Å². The highest BCUT2D eigenvalue weighted by Gasteiger charge is 2.17. The van der Waals surface area contributed by atoms with E-state index in [9.17, 15) is 0 Å². The number of unbranched alkanes of at least 4 members (excludes halogenated alkanes) is 1. The first-order chi connectivity index (χ1) is 11.9. The molecule has 138 valence electrons. The van der Waals surface area contributed by atoms with E-state index in [4.69, 9.17) is 0 Å². The molecule has 0 saturated heterocycles. The van der Waals surface area contributed by atoms with Crippen molar-refractivity contribution in [2.75, 3.05) is 38.6 Å². The third-order valence-electron chi connectivity index (χ3n) is 4.67. The predicted molar refractivity (Wildman–Crippen MR) is 105 cm³/mol. The van der Waals surface area contributed by atoms with Crippen LogP contribution in [-0.2, 0) is 13.1 Å². The van der Waals surface area contributed by atoms with Crippen molar-refractivity contribution in [3.8, 4) is 0 Å². The predicted octanol–water partition coefficient (Wildman–Crippen LogP) is 3.49. The maximum absolute atomic E-state index is 4.38. The fourth-order valence-electron chi connectivity index (χ4n) is 3.07. The highest BCUT2D eigenvalue weighted by Crippen LogP contribution is 2.15. The number of hydrogen-bond donors (Lipinski definition) is 0. The molecule has 5 nitrogen and oxygen atoms in total. The van der Waals surface area contributed by atoms with Crippen molar-refractivity contribution < 1.29 is 4.48 Å². The first-order valence-electron chi connectivity index (χ1n) is 9.46. The summed E-state index contributed by atoms with van der Waals surface area (Å²) in [6.45, 7) is 11.5. The van der Waals surface area contributed by atoms with Crippen LogP contribution in [0.25, 0.3) is 0 Å². The standard InChI is InChI=1S/C20H34N5/c1-6-8-15-25(4,5)17-19-16-24(22-21-19)14-13-23(7-2)20-11-9-18(3)10-12-20/h9-12,16H,6-8,13-15,17H2,1-5H3/q+1. The van der Waals surface area contributed by atoms with Gasteiger partial charge < -0.3 is 9.38 Å². The third kappa shape index (κ3) is 6.16. The second-order valence-corrected chi connectivity index (χ2v) is 7.56. The minimum Gasteiger partial charge on any atom is -0.370 e. The van der Waals surface area contributed by atoms with Crippen molar-refractivity contribution in [3.05, 3.63) is 41.7 Å². The molecule has 2 aromatic rings. The van der Waals surface area contributed by atoms with E-state index in [0.29, 0.717) is 0 Å². The van der Waals surface area contributed by atoms with Crippen molar-refractivity contribution in [1.29, 1.82) is 0 Å². The molecule has 0 N–H and O–H groups in total. The van der Waals surface area contributed by atoms with E-state index in [0.717, 1.165) is 36.4 Å². The van der Waals surface area contributed by atoms with Crippen LogP contribution in [0, 0.1) is 6.92 Å². The Bertz CT molecular complexity index is 630. The first kappa shape index (κ1) is 19.4. The Morgan fingerprint density at radius 1 is 1.12 bits per heavy atom. The lowest BCUT2D eigenvalue weighted by Gasteiger charge is -2.28. The minimum absolute atomic E-state index is 0.858. The lowest BCUT2D eigenvalue weighted by atomic mass is 10.2. The van der Waals surface area contributed by atoms with E-state index in [-0.39, 0.29) is 0 Å². The molecule has 0 radical (unpaired) electrons. The largest absolute Gasteiger partial charge is 0.370 e. The van der Waals surface area contributed by atoms with E-state index >= 15 is 0 Å². The van der Waals surface area contributed by atoms with Crippen molar-refractivity contribution in [3.63, 3.8) is 0 Å². The zero-order valence-electron chi connectivity index (χ0n) is 16.6. The molecule has 0 amide bonds. The summed E-state index contributed by atoms with van der Waals surface area (Å²) >= 11 is 0.